The van der Waals surface area contributed by atoms with Crippen molar-refractivity contribution in [3.05, 3.63) is 0 Å². The van der Waals surface area contributed by atoms with E-state index in [1.54, 1.807) is 104 Å². The molecule has 0 radical (unpaired) electrons. The maximum atomic E-state index is 13.5. The van der Waals surface area contributed by atoms with Crippen molar-refractivity contribution in [2.24, 2.45) is 0 Å². The molecule has 0 aromatic rings. The smallest absolute Gasteiger partial charge is 0.408 e. The van der Waals surface area contributed by atoms with Gasteiger partial charge in [0, 0.05) is 6.54 Å². The summed E-state index contributed by atoms with van der Waals surface area (Å²) in [7, 11) is 0. The molecule has 2 aliphatic heterocycles. The molecule has 0 aromatic carbocycles. The first-order valence-corrected chi connectivity index (χ1v) is 22.4. The monoisotopic (exact) mass is 984 g/mol. The lowest BCUT2D eigenvalue weighted by Gasteiger charge is -2.50. The lowest BCUT2D eigenvalue weighted by molar-refractivity contribution is -0.322. The highest BCUT2D eigenvalue weighted by Crippen LogP contribution is 2.34. The molecule has 394 valence electrons. The summed E-state index contributed by atoms with van der Waals surface area (Å²) in [6.07, 6.45) is -25.2. The zero-order valence-electron chi connectivity index (χ0n) is 41.7. The van der Waals surface area contributed by atoms with Gasteiger partial charge in [0.05, 0.1) is 24.7 Å². The van der Waals surface area contributed by atoms with E-state index in [2.05, 4.69) is 26.6 Å². The minimum Gasteiger partial charge on any atom is -0.444 e. The fraction of sp³-hybridized carbons (Fsp3) is 0.884. The van der Waals surface area contributed by atoms with Gasteiger partial charge in [-0.3, -0.25) is 0 Å². The number of alkyl carbamates (subject to hydrolysis) is 5. The molecule has 2 heterocycles. The zero-order valence-corrected chi connectivity index (χ0v) is 41.7. The van der Waals surface area contributed by atoms with E-state index in [9.17, 15) is 54.6 Å². The van der Waals surface area contributed by atoms with Gasteiger partial charge in [-0.2, -0.15) is 0 Å². The van der Waals surface area contributed by atoms with Gasteiger partial charge in [0.15, 0.2) is 12.6 Å². The van der Waals surface area contributed by atoms with Crippen LogP contribution in [0.25, 0.3) is 0 Å². The molecule has 0 aromatic heterocycles. The van der Waals surface area contributed by atoms with Gasteiger partial charge in [-0.1, -0.05) is 0 Å². The molecular weight excluding hydrogens is 906 g/mol. The first-order valence-electron chi connectivity index (χ1n) is 22.4. The molecule has 11 N–H and O–H groups in total. The first-order chi connectivity index (χ1) is 30.9. The Bertz CT molecular complexity index is 1700. The van der Waals surface area contributed by atoms with Gasteiger partial charge in [-0.25, -0.2) is 24.0 Å². The van der Waals surface area contributed by atoms with E-state index in [-0.39, 0.29) is 0 Å². The van der Waals surface area contributed by atoms with Gasteiger partial charge in [0.2, 0.25) is 0 Å². The summed E-state index contributed by atoms with van der Waals surface area (Å²) in [6, 6.07) is -6.08. The lowest BCUT2D eigenvalue weighted by Crippen LogP contribution is -2.71. The minimum atomic E-state index is -2.05. The van der Waals surface area contributed by atoms with E-state index >= 15 is 0 Å². The molecule has 1 saturated carbocycles. The van der Waals surface area contributed by atoms with Crippen molar-refractivity contribution < 1.29 is 97.2 Å². The van der Waals surface area contributed by atoms with Crippen LogP contribution in [0.5, 0.6) is 0 Å². The number of ether oxygens (including phenoxy) is 9. The Kier molecular flexibility index (Phi) is 19.5. The molecule has 0 spiro atoms. The number of aliphatic hydroxyl groups is 6. The average Bonchev–Trinajstić information content (AvgIpc) is 3.12. The number of hydrogen-bond donors (Lipinski definition) is 11. The van der Waals surface area contributed by atoms with Gasteiger partial charge in [0.1, 0.15) is 89.0 Å². The largest absolute Gasteiger partial charge is 0.444 e. The molecule has 2 saturated heterocycles. The third-order valence-corrected chi connectivity index (χ3v) is 9.76. The Morgan fingerprint density at radius 3 is 1.24 bits per heavy atom. The second-order valence-corrected chi connectivity index (χ2v) is 21.9. The second-order valence-electron chi connectivity index (χ2n) is 21.9. The van der Waals surface area contributed by atoms with Gasteiger partial charge in [-0.05, 0) is 110 Å². The fourth-order valence-corrected chi connectivity index (χ4v) is 7.19. The van der Waals surface area contributed by atoms with Crippen LogP contribution < -0.4 is 26.6 Å². The predicted octanol–water partition coefficient (Wildman–Crippen LogP) is 0.505. The lowest BCUT2D eigenvalue weighted by atomic mass is 9.83. The van der Waals surface area contributed by atoms with Crippen LogP contribution in [-0.2, 0) is 42.6 Å². The van der Waals surface area contributed by atoms with E-state index in [0.29, 0.717) is 0 Å². The van der Waals surface area contributed by atoms with Gasteiger partial charge in [-0.15, -0.1) is 0 Å². The second kappa shape index (κ2) is 22.8. The summed E-state index contributed by atoms with van der Waals surface area (Å²) in [5.41, 5.74) is -5.08. The SMILES string of the molecule is CC(C)(C)OC(=O)NCC1O[C@H](OC2C(NC(=O)OC(C)(C)C)C[C@@H](NC(=O)OC(C)(C)C)C(O[C@@H]3OC(CO)[C@@H](O)C(NC(=O)OC(C)(C)C)[C@@H]3O)[C@H]2O)[C@@H](NC(=O)OC(C)(C)C)C(O)[C@@H]1O. The maximum absolute atomic E-state index is 13.5. The normalized spacial score (nSPS) is 32.7. The van der Waals surface area contributed by atoms with Crippen LogP contribution in [0.2, 0.25) is 0 Å². The van der Waals surface area contributed by atoms with E-state index in [1.165, 1.54) is 0 Å². The van der Waals surface area contributed by atoms with Gasteiger partial charge >= 0.3 is 30.5 Å². The van der Waals surface area contributed by atoms with Crippen molar-refractivity contribution in [2.45, 2.75) is 230 Å². The van der Waals surface area contributed by atoms with E-state index in [1.807, 2.05) is 0 Å². The van der Waals surface area contributed by atoms with Crippen LogP contribution in [0, 0.1) is 0 Å². The summed E-state index contributed by atoms with van der Waals surface area (Å²) in [4.78, 5) is 65.7. The number of carbonyl (C=O) groups excluding carboxylic acids is 5. The van der Waals surface area contributed by atoms with Crippen molar-refractivity contribution in [3.63, 3.8) is 0 Å². The Balaban J connectivity index is 2.17. The summed E-state index contributed by atoms with van der Waals surface area (Å²) in [6.45, 7) is 22.5. The van der Waals surface area contributed by atoms with Crippen LogP contribution in [0.15, 0.2) is 0 Å². The molecule has 3 fully saturated rings. The Labute approximate surface area is 396 Å². The number of rotatable bonds is 11. The summed E-state index contributed by atoms with van der Waals surface area (Å²) in [5, 5.41) is 80.7. The zero-order chi connectivity index (χ0) is 52.1. The topological polar surface area (TPSA) is 350 Å². The highest BCUT2D eigenvalue weighted by atomic mass is 16.7. The fourth-order valence-electron chi connectivity index (χ4n) is 7.19. The molecule has 0 bridgehead atoms. The third kappa shape index (κ3) is 18.4. The molecule has 15 atom stereocenters. The molecular formula is C43H77N5O20. The minimum absolute atomic E-state index is 0.398. The van der Waals surface area contributed by atoms with Crippen molar-refractivity contribution in [1.29, 1.82) is 0 Å². The van der Waals surface area contributed by atoms with Crippen LogP contribution in [-0.4, -0.2) is 194 Å². The summed E-state index contributed by atoms with van der Waals surface area (Å²) in [5.74, 6) is 0. The quantitative estimate of drug-likeness (QED) is 0.126. The molecule has 25 nitrogen and oxygen atoms in total. The third-order valence-electron chi connectivity index (χ3n) is 9.76. The standard InChI is InChI=1S/C43H77N5O20/c1-39(2,3)64-34(55)44-17-21-26(51)27(52)24(48-38(59)68-43(13,14)15)32(60-21)62-30-19(45-35(56)65-40(4,5)6)16-20(46-36(57)66-41(7,8)9)31(29(30)54)63-33-28(53)23(25(50)22(18-49)61-33)47-37(58)67-42(10,11)12/h19-33,49-54H,16-18H2,1-15H3,(H,44,55)(H,45,56)(H,46,57)(H,47,58)(H,48,59)/t19?,20-,21?,22?,23?,24+,25-,26-,27?,28+,29+,30?,31?,32-,33+/m1/s1. The van der Waals surface area contributed by atoms with Crippen LogP contribution >= 0.6 is 0 Å². The van der Waals surface area contributed by atoms with E-state index < -0.39 is 170 Å². The number of carbonyl (C=O) groups is 5. The van der Waals surface area contributed by atoms with Crippen molar-refractivity contribution in [2.75, 3.05) is 13.2 Å². The van der Waals surface area contributed by atoms with Crippen molar-refractivity contribution in [1.82, 2.24) is 26.6 Å². The number of hydrogen-bond acceptors (Lipinski definition) is 20. The number of aliphatic hydroxyl groups excluding tert-OH is 6. The predicted molar refractivity (Wildman–Crippen MR) is 236 cm³/mol. The van der Waals surface area contributed by atoms with Crippen molar-refractivity contribution >= 4 is 30.5 Å². The van der Waals surface area contributed by atoms with Crippen molar-refractivity contribution in [3.8, 4) is 0 Å². The number of nitrogens with one attached hydrogen (secondary N) is 5. The molecule has 3 aliphatic rings. The Morgan fingerprint density at radius 1 is 0.456 bits per heavy atom. The number of amides is 5. The first kappa shape index (κ1) is 58.3. The molecule has 25 heteroatoms. The summed E-state index contributed by atoms with van der Waals surface area (Å²) >= 11 is 0. The van der Waals surface area contributed by atoms with E-state index in [0.717, 1.165) is 0 Å². The maximum Gasteiger partial charge on any atom is 0.408 e. The molecule has 7 unspecified atom stereocenters. The highest BCUT2D eigenvalue weighted by Gasteiger charge is 2.55. The van der Waals surface area contributed by atoms with Crippen LogP contribution in [0.4, 0.5) is 24.0 Å². The van der Waals surface area contributed by atoms with Gasteiger partial charge in [0.25, 0.3) is 0 Å². The molecule has 5 amide bonds. The molecule has 3 rings (SSSR count). The molecule has 68 heavy (non-hydrogen) atoms. The highest BCUT2D eigenvalue weighted by molar-refractivity contribution is 5.70. The Morgan fingerprint density at radius 2 is 0.824 bits per heavy atom. The van der Waals surface area contributed by atoms with Crippen LogP contribution in [0.1, 0.15) is 110 Å². The van der Waals surface area contributed by atoms with Gasteiger partial charge < -0.3 is 99.9 Å². The van der Waals surface area contributed by atoms with Crippen LogP contribution in [0.3, 0.4) is 0 Å². The molecule has 1 aliphatic carbocycles. The Hall–Kier alpha value is -4.05. The van der Waals surface area contributed by atoms with E-state index in [4.69, 9.17) is 42.6 Å². The average molecular weight is 984 g/mol. The summed E-state index contributed by atoms with van der Waals surface area (Å²) < 4.78 is 51.6.